The van der Waals surface area contributed by atoms with Gasteiger partial charge in [0.15, 0.2) is 0 Å². The molecule has 0 aliphatic rings. The van der Waals surface area contributed by atoms with Crippen LogP contribution in [0.25, 0.3) is 6.08 Å². The highest BCUT2D eigenvalue weighted by atomic mass is 79.9. The van der Waals surface area contributed by atoms with Gasteiger partial charge < -0.3 is 10.1 Å². The molecule has 4 nitrogen and oxygen atoms in total. The standard InChI is InChI=1S/C24H17Br2FN2O2/c25-21-11-18(9-19(13-28)24(30)29-14-16-5-2-1-3-6-16)12-22(26)23(21)31-15-17-7-4-8-20(27)10-17/h1-12H,14-15H2,(H,29,30)/b19-9-. The van der Waals surface area contributed by atoms with Crippen LogP contribution in [0.2, 0.25) is 0 Å². The van der Waals surface area contributed by atoms with Crippen molar-refractivity contribution in [3.05, 3.63) is 104 Å². The second kappa shape index (κ2) is 10.9. The van der Waals surface area contributed by atoms with Crippen LogP contribution in [0.15, 0.2) is 81.2 Å². The topological polar surface area (TPSA) is 62.1 Å². The number of nitriles is 1. The lowest BCUT2D eigenvalue weighted by atomic mass is 10.1. The number of ether oxygens (including phenoxy) is 1. The number of rotatable bonds is 7. The van der Waals surface area contributed by atoms with E-state index >= 15 is 0 Å². The van der Waals surface area contributed by atoms with Gasteiger partial charge in [-0.15, -0.1) is 0 Å². The Bertz CT molecular complexity index is 1130. The molecule has 0 saturated carbocycles. The molecule has 3 aromatic carbocycles. The van der Waals surface area contributed by atoms with E-state index in [0.29, 0.717) is 32.4 Å². The molecule has 0 heterocycles. The molecular weight excluding hydrogens is 527 g/mol. The van der Waals surface area contributed by atoms with E-state index in [2.05, 4.69) is 37.2 Å². The summed E-state index contributed by atoms with van der Waals surface area (Å²) in [6, 6.07) is 21.1. The lowest BCUT2D eigenvalue weighted by Gasteiger charge is -2.12. The molecule has 156 valence electrons. The molecule has 0 aliphatic carbocycles. The molecule has 31 heavy (non-hydrogen) atoms. The van der Waals surface area contributed by atoms with Crippen molar-refractivity contribution in [1.29, 1.82) is 5.26 Å². The van der Waals surface area contributed by atoms with Gasteiger partial charge >= 0.3 is 0 Å². The number of amides is 1. The van der Waals surface area contributed by atoms with Crippen molar-refractivity contribution in [3.63, 3.8) is 0 Å². The second-order valence-corrected chi connectivity index (χ2v) is 8.28. The Labute approximate surface area is 196 Å². The van der Waals surface area contributed by atoms with Crippen LogP contribution in [0.5, 0.6) is 5.75 Å². The summed E-state index contributed by atoms with van der Waals surface area (Å²) < 4.78 is 20.4. The van der Waals surface area contributed by atoms with Crippen LogP contribution in [-0.2, 0) is 17.9 Å². The summed E-state index contributed by atoms with van der Waals surface area (Å²) in [7, 11) is 0. The Balaban J connectivity index is 1.71. The van der Waals surface area contributed by atoms with E-state index < -0.39 is 5.91 Å². The summed E-state index contributed by atoms with van der Waals surface area (Å²) in [5.41, 5.74) is 2.27. The third kappa shape index (κ3) is 6.51. The van der Waals surface area contributed by atoms with Crippen molar-refractivity contribution in [3.8, 4) is 11.8 Å². The van der Waals surface area contributed by atoms with Gasteiger partial charge in [-0.05, 0) is 78.9 Å². The number of carbonyl (C=O) groups excluding carboxylic acids is 1. The number of carbonyl (C=O) groups is 1. The highest BCUT2D eigenvalue weighted by Crippen LogP contribution is 2.36. The van der Waals surface area contributed by atoms with Crippen LogP contribution in [0, 0.1) is 17.1 Å². The van der Waals surface area contributed by atoms with Crippen molar-refractivity contribution in [2.75, 3.05) is 0 Å². The Morgan fingerprint density at radius 1 is 1.03 bits per heavy atom. The fraction of sp³-hybridized carbons (Fsp3) is 0.0833. The number of benzene rings is 3. The molecule has 0 bridgehead atoms. The minimum atomic E-state index is -0.454. The van der Waals surface area contributed by atoms with E-state index in [-0.39, 0.29) is 18.0 Å². The number of nitrogens with one attached hydrogen (secondary N) is 1. The molecule has 0 aliphatic heterocycles. The third-order valence-electron chi connectivity index (χ3n) is 4.26. The molecule has 0 saturated heterocycles. The lowest BCUT2D eigenvalue weighted by molar-refractivity contribution is -0.117. The van der Waals surface area contributed by atoms with Gasteiger partial charge in [0, 0.05) is 6.54 Å². The first-order valence-electron chi connectivity index (χ1n) is 9.26. The molecule has 0 radical (unpaired) electrons. The van der Waals surface area contributed by atoms with Gasteiger partial charge in [0.1, 0.15) is 29.8 Å². The highest BCUT2D eigenvalue weighted by Gasteiger charge is 2.12. The zero-order chi connectivity index (χ0) is 22.2. The number of hydrogen-bond donors (Lipinski definition) is 1. The monoisotopic (exact) mass is 542 g/mol. The first-order chi connectivity index (χ1) is 15.0. The Morgan fingerprint density at radius 2 is 1.71 bits per heavy atom. The van der Waals surface area contributed by atoms with Gasteiger partial charge in [0.05, 0.1) is 8.95 Å². The molecule has 0 atom stereocenters. The van der Waals surface area contributed by atoms with E-state index in [4.69, 9.17) is 4.74 Å². The van der Waals surface area contributed by atoms with Crippen LogP contribution >= 0.6 is 31.9 Å². The fourth-order valence-corrected chi connectivity index (χ4v) is 4.22. The van der Waals surface area contributed by atoms with E-state index in [0.717, 1.165) is 5.56 Å². The van der Waals surface area contributed by atoms with Crippen LogP contribution in [-0.4, -0.2) is 5.91 Å². The van der Waals surface area contributed by atoms with Gasteiger partial charge in [-0.2, -0.15) is 5.26 Å². The number of halogens is 3. The average molecular weight is 544 g/mol. The molecule has 0 aromatic heterocycles. The highest BCUT2D eigenvalue weighted by molar-refractivity contribution is 9.11. The quantitative estimate of drug-likeness (QED) is 0.287. The molecule has 3 aromatic rings. The van der Waals surface area contributed by atoms with Gasteiger partial charge in [-0.3, -0.25) is 4.79 Å². The predicted octanol–water partition coefficient (Wildman–Crippen LogP) is 6.15. The van der Waals surface area contributed by atoms with Crippen molar-refractivity contribution in [2.45, 2.75) is 13.2 Å². The van der Waals surface area contributed by atoms with E-state index in [9.17, 15) is 14.4 Å². The summed E-state index contributed by atoms with van der Waals surface area (Å²) in [6.07, 6.45) is 1.51. The molecule has 0 unspecified atom stereocenters. The van der Waals surface area contributed by atoms with Crippen molar-refractivity contribution >= 4 is 43.8 Å². The van der Waals surface area contributed by atoms with Gasteiger partial charge in [0.2, 0.25) is 0 Å². The third-order valence-corrected chi connectivity index (χ3v) is 5.44. The molecule has 3 rings (SSSR count). The normalized spacial score (nSPS) is 11.0. The largest absolute Gasteiger partial charge is 0.487 e. The van der Waals surface area contributed by atoms with Crippen molar-refractivity contribution in [2.24, 2.45) is 0 Å². The maximum Gasteiger partial charge on any atom is 0.262 e. The van der Waals surface area contributed by atoms with E-state index in [1.807, 2.05) is 36.4 Å². The summed E-state index contributed by atoms with van der Waals surface area (Å²) in [6.45, 7) is 0.522. The Kier molecular flexibility index (Phi) is 7.99. The Hall–Kier alpha value is -2.95. The van der Waals surface area contributed by atoms with Crippen LogP contribution in [0.4, 0.5) is 4.39 Å². The van der Waals surface area contributed by atoms with E-state index in [1.165, 1.54) is 18.2 Å². The second-order valence-electron chi connectivity index (χ2n) is 6.57. The zero-order valence-electron chi connectivity index (χ0n) is 16.2. The SMILES string of the molecule is N#C/C(=C/c1cc(Br)c(OCc2cccc(F)c2)c(Br)c1)C(=O)NCc1ccccc1. The molecule has 0 spiro atoms. The van der Waals surface area contributed by atoms with E-state index in [1.54, 1.807) is 24.3 Å². The molecule has 1 amide bonds. The van der Waals surface area contributed by atoms with Gasteiger partial charge in [-0.25, -0.2) is 4.39 Å². The van der Waals surface area contributed by atoms with Crippen LogP contribution < -0.4 is 10.1 Å². The fourth-order valence-electron chi connectivity index (χ4n) is 2.77. The molecule has 1 N–H and O–H groups in total. The minimum absolute atomic E-state index is 0.0110. The lowest BCUT2D eigenvalue weighted by Crippen LogP contribution is -2.23. The predicted molar refractivity (Wildman–Crippen MR) is 124 cm³/mol. The summed E-state index contributed by atoms with van der Waals surface area (Å²) >= 11 is 6.91. The number of nitrogens with zero attached hydrogens (tertiary/aromatic N) is 1. The van der Waals surface area contributed by atoms with Crippen molar-refractivity contribution in [1.82, 2.24) is 5.32 Å². The zero-order valence-corrected chi connectivity index (χ0v) is 19.4. The minimum Gasteiger partial charge on any atom is -0.487 e. The average Bonchev–Trinajstić information content (AvgIpc) is 2.76. The van der Waals surface area contributed by atoms with Crippen molar-refractivity contribution < 1.29 is 13.9 Å². The Morgan fingerprint density at radius 3 is 2.35 bits per heavy atom. The maximum atomic E-state index is 13.3. The van der Waals surface area contributed by atoms with Gasteiger partial charge in [-0.1, -0.05) is 42.5 Å². The summed E-state index contributed by atoms with van der Waals surface area (Å²) in [4.78, 5) is 12.4. The maximum absolute atomic E-state index is 13.3. The van der Waals surface area contributed by atoms with Crippen LogP contribution in [0.1, 0.15) is 16.7 Å². The molecule has 7 heteroatoms. The molecular formula is C24H17Br2FN2O2. The van der Waals surface area contributed by atoms with Gasteiger partial charge in [0.25, 0.3) is 5.91 Å². The summed E-state index contributed by atoms with van der Waals surface area (Å²) in [5, 5.41) is 12.2. The first kappa shape index (κ1) is 22.7. The summed E-state index contributed by atoms with van der Waals surface area (Å²) in [5.74, 6) is -0.243. The first-order valence-corrected chi connectivity index (χ1v) is 10.8. The number of hydrogen-bond acceptors (Lipinski definition) is 3. The van der Waals surface area contributed by atoms with Crippen LogP contribution in [0.3, 0.4) is 0 Å². The molecule has 0 fully saturated rings. The smallest absolute Gasteiger partial charge is 0.262 e.